The Morgan fingerprint density at radius 2 is 1.55 bits per heavy atom. The number of rotatable bonds is 7. The Balaban J connectivity index is 1.29. The number of aromatic nitrogens is 1. The summed E-state index contributed by atoms with van der Waals surface area (Å²) in [4.78, 5) is 29.2. The maximum Gasteiger partial charge on any atom is 0.268 e. The van der Waals surface area contributed by atoms with E-state index in [1.807, 2.05) is 114 Å². The zero-order valence-electron chi connectivity index (χ0n) is 23.2. The van der Waals surface area contributed by atoms with Gasteiger partial charge in [0.2, 0.25) is 0 Å². The van der Waals surface area contributed by atoms with Crippen molar-refractivity contribution in [2.45, 2.75) is 19.1 Å². The molecule has 42 heavy (non-hydrogen) atoms. The van der Waals surface area contributed by atoms with Crippen LogP contribution in [0.2, 0.25) is 0 Å². The summed E-state index contributed by atoms with van der Waals surface area (Å²) in [5, 5.41) is 12.9. The number of nitrogens with zero attached hydrogens (tertiary/aromatic N) is 2. The van der Waals surface area contributed by atoms with Gasteiger partial charge in [-0.25, -0.2) is 0 Å². The van der Waals surface area contributed by atoms with Gasteiger partial charge in [0, 0.05) is 22.5 Å². The number of aliphatic hydroxyl groups excluding tert-OH is 1. The Kier molecular flexibility index (Phi) is 7.58. The minimum absolute atomic E-state index is 0.126. The second-order valence-corrected chi connectivity index (χ2v) is 10.2. The van der Waals surface area contributed by atoms with Crippen molar-refractivity contribution in [3.05, 3.63) is 143 Å². The van der Waals surface area contributed by atoms with Crippen molar-refractivity contribution >= 4 is 17.5 Å². The van der Waals surface area contributed by atoms with Crippen LogP contribution in [0.4, 0.5) is 5.69 Å². The van der Waals surface area contributed by atoms with Crippen LogP contribution in [0.15, 0.2) is 115 Å². The van der Waals surface area contributed by atoms with Crippen LogP contribution in [-0.2, 0) is 13.1 Å². The molecule has 4 aromatic carbocycles. The summed E-state index contributed by atoms with van der Waals surface area (Å²) in [6.07, 6.45) is 0. The van der Waals surface area contributed by atoms with E-state index < -0.39 is 6.04 Å². The average Bonchev–Trinajstić information content (AvgIpc) is 3.36. The van der Waals surface area contributed by atoms with Crippen molar-refractivity contribution in [3.63, 3.8) is 0 Å². The number of hydrogen-bond acceptors (Lipinski definition) is 4. The molecule has 0 bridgehead atoms. The fourth-order valence-corrected chi connectivity index (χ4v) is 5.52. The molecule has 0 saturated heterocycles. The normalized spacial score (nSPS) is 13.0. The minimum atomic E-state index is -0.528. The largest absolute Gasteiger partial charge is 0.496 e. The van der Waals surface area contributed by atoms with Crippen molar-refractivity contribution in [3.8, 4) is 16.9 Å². The zero-order chi connectivity index (χ0) is 29.1. The number of carbonyl (C=O) groups excluding carboxylic acids is 2. The summed E-state index contributed by atoms with van der Waals surface area (Å²) < 4.78 is 7.46. The summed E-state index contributed by atoms with van der Waals surface area (Å²) in [6.45, 7) is 0.524. The third-order valence-electron chi connectivity index (χ3n) is 7.72. The Bertz CT molecular complexity index is 1730. The first-order chi connectivity index (χ1) is 20.6. The first-order valence-electron chi connectivity index (χ1n) is 13.9. The molecule has 2 amide bonds. The Hall–Kier alpha value is -5.14. The summed E-state index contributed by atoms with van der Waals surface area (Å²) >= 11 is 0. The number of para-hydroxylation sites is 2. The van der Waals surface area contributed by atoms with Crippen molar-refractivity contribution in [2.24, 2.45) is 0 Å². The predicted octanol–water partition coefficient (Wildman–Crippen LogP) is 5.84. The molecule has 0 spiro atoms. The molecule has 0 saturated carbocycles. The second kappa shape index (κ2) is 11.8. The van der Waals surface area contributed by atoms with Gasteiger partial charge in [-0.05, 0) is 53.1 Å². The van der Waals surface area contributed by atoms with Crippen LogP contribution in [0.5, 0.6) is 5.75 Å². The van der Waals surface area contributed by atoms with Crippen molar-refractivity contribution in [2.75, 3.05) is 18.6 Å². The molecule has 0 aliphatic carbocycles. The molecule has 1 aliphatic heterocycles. The number of anilines is 1. The van der Waals surface area contributed by atoms with E-state index in [0.717, 1.165) is 39.4 Å². The number of amides is 2. The highest BCUT2D eigenvalue weighted by Crippen LogP contribution is 2.32. The molecule has 1 aliphatic rings. The van der Waals surface area contributed by atoms with Crippen molar-refractivity contribution in [1.29, 1.82) is 0 Å². The molecule has 0 fully saturated rings. The van der Waals surface area contributed by atoms with Crippen LogP contribution in [-0.4, -0.2) is 35.2 Å². The van der Waals surface area contributed by atoms with Crippen LogP contribution in [0.1, 0.15) is 43.7 Å². The minimum Gasteiger partial charge on any atom is -0.496 e. The van der Waals surface area contributed by atoms with E-state index in [2.05, 4.69) is 5.32 Å². The van der Waals surface area contributed by atoms with E-state index in [4.69, 9.17) is 4.74 Å². The fourth-order valence-electron chi connectivity index (χ4n) is 5.52. The van der Waals surface area contributed by atoms with Gasteiger partial charge in [-0.2, -0.15) is 0 Å². The molecule has 0 radical (unpaired) electrons. The number of ether oxygens (including phenoxy) is 1. The van der Waals surface area contributed by atoms with E-state index in [1.165, 1.54) is 0 Å². The number of methoxy groups -OCH3 is 1. The van der Waals surface area contributed by atoms with Crippen molar-refractivity contribution in [1.82, 2.24) is 9.88 Å². The van der Waals surface area contributed by atoms with E-state index in [-0.39, 0.29) is 18.4 Å². The van der Waals surface area contributed by atoms with Gasteiger partial charge in [0.1, 0.15) is 11.4 Å². The average molecular weight is 558 g/mol. The highest BCUT2D eigenvalue weighted by molar-refractivity contribution is 6.07. The molecular weight excluding hydrogens is 526 g/mol. The number of hydrogen-bond donors (Lipinski definition) is 2. The van der Waals surface area contributed by atoms with Gasteiger partial charge in [0.15, 0.2) is 0 Å². The smallest absolute Gasteiger partial charge is 0.268 e. The Morgan fingerprint density at radius 1 is 0.833 bits per heavy atom. The first-order valence-corrected chi connectivity index (χ1v) is 13.9. The van der Waals surface area contributed by atoms with Crippen LogP contribution in [0.3, 0.4) is 0 Å². The molecule has 0 unspecified atom stereocenters. The maximum absolute atomic E-state index is 14.0. The van der Waals surface area contributed by atoms with Gasteiger partial charge in [0.05, 0.1) is 32.8 Å². The highest BCUT2D eigenvalue weighted by atomic mass is 16.5. The van der Waals surface area contributed by atoms with Gasteiger partial charge >= 0.3 is 0 Å². The molecule has 2 N–H and O–H groups in total. The monoisotopic (exact) mass is 557 g/mol. The van der Waals surface area contributed by atoms with E-state index in [0.29, 0.717) is 24.3 Å². The van der Waals surface area contributed by atoms with Crippen LogP contribution in [0.25, 0.3) is 11.1 Å². The molecule has 6 rings (SSSR count). The summed E-state index contributed by atoms with van der Waals surface area (Å²) in [5.74, 6) is 0.361. The molecule has 210 valence electrons. The Morgan fingerprint density at radius 3 is 2.31 bits per heavy atom. The predicted molar refractivity (Wildman–Crippen MR) is 163 cm³/mol. The van der Waals surface area contributed by atoms with Gasteiger partial charge < -0.3 is 24.6 Å². The lowest BCUT2D eigenvalue weighted by Crippen LogP contribution is -2.32. The lowest BCUT2D eigenvalue weighted by Gasteiger charge is -2.23. The fraction of sp³-hybridized carbons (Fsp3) is 0.143. The van der Waals surface area contributed by atoms with Crippen molar-refractivity contribution < 1.29 is 19.4 Å². The molecular formula is C35H31N3O4. The third-order valence-corrected chi connectivity index (χ3v) is 7.72. The maximum atomic E-state index is 14.0. The summed E-state index contributed by atoms with van der Waals surface area (Å²) in [5.41, 5.74) is 6.37. The number of nitrogens with one attached hydrogen (secondary N) is 1. The zero-order valence-corrected chi connectivity index (χ0v) is 23.2. The highest BCUT2D eigenvalue weighted by Gasteiger charge is 2.28. The molecule has 2 heterocycles. The van der Waals surface area contributed by atoms with Gasteiger partial charge in [-0.1, -0.05) is 78.9 Å². The van der Waals surface area contributed by atoms with Crippen LogP contribution >= 0.6 is 0 Å². The van der Waals surface area contributed by atoms with Crippen LogP contribution < -0.4 is 15.0 Å². The summed E-state index contributed by atoms with van der Waals surface area (Å²) in [7, 11) is 1.65. The standard InChI is InChI=1S/C35H31N3O4/c1-42-33-14-8-6-12-29(33)24-15-17-26(18-16-24)35(41)38-22-28-19-20-32(37(28)21-27-11-5-7-13-31(27)38)34(40)36-30(23-39)25-9-3-2-4-10-25/h2-20,30,39H,21-23H2,1H3,(H,36,40)/t30-/m0/s1. The third kappa shape index (κ3) is 5.18. The van der Waals surface area contributed by atoms with Gasteiger partial charge in [0.25, 0.3) is 11.8 Å². The molecule has 1 aromatic heterocycles. The number of carbonyl (C=O) groups is 2. The topological polar surface area (TPSA) is 83.8 Å². The summed E-state index contributed by atoms with van der Waals surface area (Å²) in [6, 6.07) is 35.7. The second-order valence-electron chi connectivity index (χ2n) is 10.2. The Labute approximate surface area is 244 Å². The first kappa shape index (κ1) is 27.1. The van der Waals surface area contributed by atoms with Crippen LogP contribution in [0, 0.1) is 0 Å². The quantitative estimate of drug-likeness (QED) is 0.264. The number of aliphatic hydroxyl groups is 1. The number of fused-ring (bicyclic) bond motifs is 2. The SMILES string of the molecule is COc1ccccc1-c1ccc(C(=O)N2Cc3ccc(C(=O)N[C@@H](CO)c4ccccc4)n3Cc3ccccc32)cc1. The molecule has 7 heteroatoms. The van der Waals surface area contributed by atoms with E-state index in [1.54, 1.807) is 18.1 Å². The van der Waals surface area contributed by atoms with E-state index >= 15 is 0 Å². The van der Waals surface area contributed by atoms with Gasteiger partial charge in [-0.15, -0.1) is 0 Å². The molecule has 1 atom stereocenters. The lowest BCUT2D eigenvalue weighted by molar-refractivity contribution is 0.0906. The molecule has 5 aromatic rings. The van der Waals surface area contributed by atoms with Gasteiger partial charge in [-0.3, -0.25) is 9.59 Å². The molecule has 7 nitrogen and oxygen atoms in total. The van der Waals surface area contributed by atoms with E-state index in [9.17, 15) is 14.7 Å². The number of benzene rings is 4. The lowest BCUT2D eigenvalue weighted by atomic mass is 10.0.